The van der Waals surface area contributed by atoms with Crippen molar-refractivity contribution in [3.8, 4) is 0 Å². The molecule has 0 spiro atoms. The van der Waals surface area contributed by atoms with Crippen LogP contribution in [0.5, 0.6) is 0 Å². The smallest absolute Gasteiger partial charge is 0.267 e. The molecule has 1 aromatic heterocycles. The van der Waals surface area contributed by atoms with Crippen molar-refractivity contribution in [2.24, 2.45) is 10.8 Å². The number of nitrogens with two attached hydrogens (primary N) is 2. The van der Waals surface area contributed by atoms with Gasteiger partial charge in [0.1, 0.15) is 0 Å². The zero-order valence-electron chi connectivity index (χ0n) is 13.4. The van der Waals surface area contributed by atoms with Gasteiger partial charge in [0.2, 0.25) is 0 Å². The first-order valence-electron chi connectivity index (χ1n) is 6.94. The van der Waals surface area contributed by atoms with Crippen LogP contribution in [-0.4, -0.2) is 46.7 Å². The van der Waals surface area contributed by atoms with Gasteiger partial charge in [-0.2, -0.15) is 13.5 Å². The number of pyridine rings is 1. The maximum absolute atomic E-state index is 9.63. The number of aryl methyl sites for hydroxylation is 1. The van der Waals surface area contributed by atoms with Crippen molar-refractivity contribution in [3.05, 3.63) is 35.7 Å². The molecule has 25 heavy (non-hydrogen) atoms. The highest BCUT2D eigenvalue weighted by Gasteiger charge is 2.05. The number of anilines is 1. The number of hydrazone groups is 1. The van der Waals surface area contributed by atoms with Gasteiger partial charge in [-0.05, 0) is 30.8 Å². The van der Waals surface area contributed by atoms with Crippen LogP contribution in [-0.2, 0) is 10.1 Å². The van der Waals surface area contributed by atoms with E-state index in [0.717, 1.165) is 22.0 Å². The SMILES string of the molecule is Cc1cnc(C=NNC(N)=S)c2cccc(N)c12.O=S(=O)(O)CCO. The number of aromatic nitrogens is 1. The van der Waals surface area contributed by atoms with Crippen LogP contribution in [0.25, 0.3) is 10.8 Å². The van der Waals surface area contributed by atoms with Gasteiger partial charge >= 0.3 is 0 Å². The van der Waals surface area contributed by atoms with Crippen molar-refractivity contribution >= 4 is 50.1 Å². The predicted molar refractivity (Wildman–Crippen MR) is 102 cm³/mol. The summed E-state index contributed by atoms with van der Waals surface area (Å²) in [5.74, 6) is -0.576. The fourth-order valence-corrected chi connectivity index (χ4v) is 2.18. The molecule has 0 atom stereocenters. The highest BCUT2D eigenvalue weighted by molar-refractivity contribution is 7.85. The maximum atomic E-state index is 9.63. The molecule has 136 valence electrons. The van der Waals surface area contributed by atoms with E-state index >= 15 is 0 Å². The van der Waals surface area contributed by atoms with Gasteiger partial charge < -0.3 is 16.6 Å². The molecule has 0 fully saturated rings. The minimum absolute atomic E-state index is 0.113. The molecule has 0 aliphatic carbocycles. The summed E-state index contributed by atoms with van der Waals surface area (Å²) in [7, 11) is -3.92. The average Bonchev–Trinajstić information content (AvgIpc) is 2.49. The molecule has 0 aliphatic heterocycles. The van der Waals surface area contributed by atoms with Crippen molar-refractivity contribution in [2.75, 3.05) is 18.1 Å². The van der Waals surface area contributed by atoms with E-state index in [1.54, 1.807) is 12.4 Å². The largest absolute Gasteiger partial charge is 0.398 e. The van der Waals surface area contributed by atoms with Crippen LogP contribution in [0.15, 0.2) is 29.5 Å². The minimum atomic E-state index is -3.92. The zero-order chi connectivity index (χ0) is 19.0. The summed E-state index contributed by atoms with van der Waals surface area (Å²) in [6.07, 6.45) is 3.33. The van der Waals surface area contributed by atoms with Gasteiger partial charge in [-0.25, -0.2) is 0 Å². The molecule has 11 heteroatoms. The van der Waals surface area contributed by atoms with Crippen molar-refractivity contribution in [3.63, 3.8) is 0 Å². The highest BCUT2D eigenvalue weighted by Crippen LogP contribution is 2.25. The Morgan fingerprint density at radius 3 is 2.68 bits per heavy atom. The number of nitrogens with one attached hydrogen (secondary N) is 1. The number of benzene rings is 1. The van der Waals surface area contributed by atoms with Crippen LogP contribution >= 0.6 is 12.2 Å². The lowest BCUT2D eigenvalue weighted by Gasteiger charge is -2.07. The first-order chi connectivity index (χ1) is 11.7. The number of fused-ring (bicyclic) bond motifs is 1. The zero-order valence-corrected chi connectivity index (χ0v) is 15.0. The van der Waals surface area contributed by atoms with Crippen LogP contribution < -0.4 is 16.9 Å². The monoisotopic (exact) mass is 385 g/mol. The first kappa shape index (κ1) is 20.7. The van der Waals surface area contributed by atoms with Gasteiger partial charge in [0, 0.05) is 22.7 Å². The van der Waals surface area contributed by atoms with Crippen LogP contribution in [0.1, 0.15) is 11.3 Å². The molecule has 0 bridgehead atoms. The van der Waals surface area contributed by atoms with E-state index in [4.69, 9.17) is 21.1 Å². The second-order valence-corrected chi connectivity index (χ2v) is 6.85. The van der Waals surface area contributed by atoms with Crippen molar-refractivity contribution in [1.82, 2.24) is 10.4 Å². The summed E-state index contributed by atoms with van der Waals surface area (Å²) in [6.45, 7) is 1.44. The lowest BCUT2D eigenvalue weighted by atomic mass is 10.0. The van der Waals surface area contributed by atoms with E-state index in [9.17, 15) is 8.42 Å². The fourth-order valence-electron chi connectivity index (χ4n) is 1.90. The van der Waals surface area contributed by atoms with Crippen LogP contribution in [0.4, 0.5) is 5.69 Å². The number of nitrogen functional groups attached to an aromatic ring is 1. The standard InChI is InChI=1S/C12H13N5S.C2H6O4S/c1-7-5-15-10(6-16-17-12(14)18)8-3-2-4-9(13)11(7)8;3-1-2-7(4,5)6/h2-6H,13H2,1H3,(H3,14,17,18);3H,1-2H2,(H,4,5,6). The molecule has 2 rings (SSSR count). The van der Waals surface area contributed by atoms with Gasteiger partial charge in [0.05, 0.1) is 24.3 Å². The number of aliphatic hydroxyl groups is 1. The normalized spacial score (nSPS) is 11.2. The van der Waals surface area contributed by atoms with Gasteiger partial charge in [-0.3, -0.25) is 15.0 Å². The van der Waals surface area contributed by atoms with Gasteiger partial charge in [0.25, 0.3) is 10.1 Å². The number of hydrogen-bond donors (Lipinski definition) is 5. The number of aliphatic hydroxyl groups excluding tert-OH is 1. The fraction of sp³-hybridized carbons (Fsp3) is 0.214. The molecule has 9 nitrogen and oxygen atoms in total. The van der Waals surface area contributed by atoms with E-state index in [-0.39, 0.29) is 5.11 Å². The Bertz CT molecular complexity index is 876. The van der Waals surface area contributed by atoms with E-state index in [0.29, 0.717) is 5.69 Å². The second kappa shape index (κ2) is 9.22. The third-order valence-corrected chi connectivity index (χ3v) is 3.66. The topological polar surface area (TPSA) is 164 Å². The molecule has 0 saturated carbocycles. The third-order valence-electron chi connectivity index (χ3n) is 2.88. The Morgan fingerprint density at radius 1 is 1.48 bits per heavy atom. The van der Waals surface area contributed by atoms with Crippen LogP contribution in [0.2, 0.25) is 0 Å². The maximum Gasteiger partial charge on any atom is 0.267 e. The molecule has 1 heterocycles. The Morgan fingerprint density at radius 2 is 2.16 bits per heavy atom. The average molecular weight is 385 g/mol. The van der Waals surface area contributed by atoms with Gasteiger partial charge in [-0.15, -0.1) is 0 Å². The molecular formula is C14H19N5O4S2. The number of hydrogen-bond acceptors (Lipinski definition) is 7. The Kier molecular flexibility index (Phi) is 7.64. The van der Waals surface area contributed by atoms with E-state index in [2.05, 4.69) is 27.7 Å². The number of nitrogens with zero attached hydrogens (tertiary/aromatic N) is 2. The summed E-state index contributed by atoms with van der Waals surface area (Å²) < 4.78 is 27.1. The predicted octanol–water partition coefficient (Wildman–Crippen LogP) is 0.159. The molecule has 0 saturated heterocycles. The molecule has 0 unspecified atom stereocenters. The molecule has 0 radical (unpaired) electrons. The van der Waals surface area contributed by atoms with Crippen molar-refractivity contribution < 1.29 is 18.1 Å². The van der Waals surface area contributed by atoms with Gasteiger partial charge in [-0.1, -0.05) is 12.1 Å². The van der Waals surface area contributed by atoms with Crippen molar-refractivity contribution in [1.29, 1.82) is 0 Å². The van der Waals surface area contributed by atoms with Crippen LogP contribution in [0, 0.1) is 6.92 Å². The summed E-state index contributed by atoms with van der Waals surface area (Å²) in [6, 6.07) is 5.70. The minimum Gasteiger partial charge on any atom is -0.398 e. The molecule has 2 aromatic rings. The second-order valence-electron chi connectivity index (χ2n) is 4.84. The first-order valence-corrected chi connectivity index (χ1v) is 8.95. The lowest BCUT2D eigenvalue weighted by molar-refractivity contribution is 0.315. The summed E-state index contributed by atoms with van der Waals surface area (Å²) in [5.41, 5.74) is 16.2. The summed E-state index contributed by atoms with van der Waals surface area (Å²) in [4.78, 5) is 4.32. The molecule has 1 aromatic carbocycles. The van der Waals surface area contributed by atoms with Gasteiger partial charge in [0.15, 0.2) is 5.11 Å². The van der Waals surface area contributed by atoms with E-state index in [1.165, 1.54) is 0 Å². The molecule has 0 aliphatic rings. The Balaban J connectivity index is 0.000000381. The quantitative estimate of drug-likeness (QED) is 0.162. The number of thiocarbonyl (C=S) groups is 1. The third kappa shape index (κ3) is 6.97. The van der Waals surface area contributed by atoms with E-state index in [1.807, 2.05) is 25.1 Å². The Hall–Kier alpha value is -2.34. The summed E-state index contributed by atoms with van der Waals surface area (Å²) in [5, 5.41) is 13.8. The van der Waals surface area contributed by atoms with E-state index < -0.39 is 22.5 Å². The molecular weight excluding hydrogens is 366 g/mol. The highest BCUT2D eigenvalue weighted by atomic mass is 32.2. The summed E-state index contributed by atoms with van der Waals surface area (Å²) >= 11 is 4.66. The van der Waals surface area contributed by atoms with Crippen LogP contribution in [0.3, 0.4) is 0 Å². The van der Waals surface area contributed by atoms with Crippen molar-refractivity contribution in [2.45, 2.75) is 6.92 Å². The molecule has 0 amide bonds. The number of rotatable bonds is 4. The molecule has 7 N–H and O–H groups in total. The lowest BCUT2D eigenvalue weighted by Crippen LogP contribution is -2.24. The Labute approximate surface area is 150 Å².